The zero-order valence-corrected chi connectivity index (χ0v) is 12.6. The number of nitrogens with zero attached hydrogens (tertiary/aromatic N) is 4. The average molecular weight is 311 g/mol. The van der Waals surface area contributed by atoms with E-state index in [1.165, 1.54) is 4.80 Å². The molecule has 2 rings (SSSR count). The second-order valence-corrected chi connectivity index (χ2v) is 4.32. The van der Waals surface area contributed by atoms with Crippen molar-refractivity contribution in [3.05, 3.63) is 30.3 Å². The van der Waals surface area contributed by atoms with Crippen LogP contribution in [0.3, 0.4) is 0 Å². The highest BCUT2D eigenvalue weighted by Crippen LogP contribution is 2.11. The summed E-state index contributed by atoms with van der Waals surface area (Å²) in [6.45, 7) is 1.60. The third-order valence-corrected chi connectivity index (χ3v) is 2.70. The molecule has 2 N–H and O–H groups in total. The monoisotopic (exact) mass is 310 g/mol. The molecule has 0 spiro atoms. The van der Waals surface area contributed by atoms with Crippen molar-refractivity contribution in [3.63, 3.8) is 0 Å². The molecule has 8 heteroatoms. The first-order valence-electron chi connectivity index (χ1n) is 6.54. The number of hydrogen-bond acceptors (Lipinski definition) is 5. The minimum absolute atomic E-state index is 0. The number of amides is 1. The summed E-state index contributed by atoms with van der Waals surface area (Å²) >= 11 is 0. The van der Waals surface area contributed by atoms with Crippen molar-refractivity contribution in [2.75, 3.05) is 20.1 Å². The zero-order chi connectivity index (χ0) is 14.2. The van der Waals surface area contributed by atoms with Crippen molar-refractivity contribution in [1.82, 2.24) is 30.8 Å². The van der Waals surface area contributed by atoms with Gasteiger partial charge in [0.1, 0.15) is 6.54 Å². The summed E-state index contributed by atoms with van der Waals surface area (Å²) in [5.41, 5.74) is 0.883. The second-order valence-electron chi connectivity index (χ2n) is 4.32. The number of hydrogen-bond donors (Lipinski definition) is 2. The molecule has 1 amide bonds. The third-order valence-electron chi connectivity index (χ3n) is 2.70. The Morgan fingerprint density at radius 1 is 1.24 bits per heavy atom. The number of carbonyl (C=O) groups excluding carboxylic acids is 1. The molecule has 7 nitrogen and oxygen atoms in total. The molecule has 0 saturated heterocycles. The Labute approximate surface area is 129 Å². The van der Waals surface area contributed by atoms with E-state index in [9.17, 15) is 4.79 Å². The minimum Gasteiger partial charge on any atom is -0.354 e. The number of tetrazole rings is 1. The van der Waals surface area contributed by atoms with Gasteiger partial charge in [-0.1, -0.05) is 30.3 Å². The summed E-state index contributed by atoms with van der Waals surface area (Å²) in [5.74, 6) is 0.409. The summed E-state index contributed by atoms with van der Waals surface area (Å²) in [7, 11) is 1.88. The predicted molar refractivity (Wildman–Crippen MR) is 82.1 cm³/mol. The van der Waals surface area contributed by atoms with Crippen LogP contribution in [0.25, 0.3) is 11.4 Å². The van der Waals surface area contributed by atoms with Gasteiger partial charge in [0, 0.05) is 12.1 Å². The predicted octanol–water partition coefficient (Wildman–Crippen LogP) is 0.488. The molecule has 0 unspecified atom stereocenters. The quantitative estimate of drug-likeness (QED) is 0.727. The van der Waals surface area contributed by atoms with Crippen molar-refractivity contribution in [3.8, 4) is 11.4 Å². The van der Waals surface area contributed by atoms with Gasteiger partial charge in [-0.25, -0.2) is 0 Å². The molecule has 1 aromatic carbocycles. The molecule has 0 aliphatic rings. The molecule has 0 radical (unpaired) electrons. The molecule has 0 fully saturated rings. The first-order valence-corrected chi connectivity index (χ1v) is 6.54. The van der Waals surface area contributed by atoms with E-state index in [-0.39, 0.29) is 24.9 Å². The molecule has 0 saturated carbocycles. The fourth-order valence-corrected chi connectivity index (χ4v) is 1.69. The van der Waals surface area contributed by atoms with Crippen molar-refractivity contribution in [1.29, 1.82) is 0 Å². The summed E-state index contributed by atoms with van der Waals surface area (Å²) < 4.78 is 0. The SMILES string of the molecule is CNCCCNC(=O)Cn1nnc(-c2ccccc2)n1.Cl. The molecular weight excluding hydrogens is 292 g/mol. The highest BCUT2D eigenvalue weighted by atomic mass is 35.5. The van der Waals surface area contributed by atoms with Gasteiger partial charge in [0.05, 0.1) is 0 Å². The Hall–Kier alpha value is -1.99. The van der Waals surface area contributed by atoms with E-state index in [0.29, 0.717) is 12.4 Å². The first-order chi connectivity index (χ1) is 9.79. The summed E-state index contributed by atoms with van der Waals surface area (Å²) in [6, 6.07) is 9.54. The molecular formula is C13H19ClN6O. The number of halogens is 1. The van der Waals surface area contributed by atoms with Gasteiger partial charge in [-0.15, -0.1) is 22.6 Å². The van der Waals surface area contributed by atoms with E-state index in [4.69, 9.17) is 0 Å². The van der Waals surface area contributed by atoms with Gasteiger partial charge in [-0.2, -0.15) is 4.80 Å². The van der Waals surface area contributed by atoms with Crippen LogP contribution in [0.1, 0.15) is 6.42 Å². The molecule has 0 bridgehead atoms. The molecule has 1 heterocycles. The maximum atomic E-state index is 11.7. The molecule has 21 heavy (non-hydrogen) atoms. The fraction of sp³-hybridized carbons (Fsp3) is 0.385. The van der Waals surface area contributed by atoms with Crippen LogP contribution in [0, 0.1) is 0 Å². The first kappa shape index (κ1) is 17.1. The average Bonchev–Trinajstić information content (AvgIpc) is 2.93. The van der Waals surface area contributed by atoms with Crippen LogP contribution < -0.4 is 10.6 Å². The highest BCUT2D eigenvalue weighted by molar-refractivity contribution is 5.85. The topological polar surface area (TPSA) is 84.7 Å². The van der Waals surface area contributed by atoms with Crippen LogP contribution in [-0.4, -0.2) is 46.3 Å². The summed E-state index contributed by atoms with van der Waals surface area (Å²) in [4.78, 5) is 13.0. The van der Waals surface area contributed by atoms with Crippen molar-refractivity contribution in [2.45, 2.75) is 13.0 Å². The molecule has 1 aromatic heterocycles. The minimum atomic E-state index is -0.113. The molecule has 0 atom stereocenters. The molecule has 114 valence electrons. The lowest BCUT2D eigenvalue weighted by Gasteiger charge is -2.03. The lowest BCUT2D eigenvalue weighted by Crippen LogP contribution is -2.30. The van der Waals surface area contributed by atoms with Gasteiger partial charge in [0.25, 0.3) is 0 Å². The third kappa shape index (κ3) is 5.49. The van der Waals surface area contributed by atoms with Gasteiger partial charge in [-0.05, 0) is 25.2 Å². The highest BCUT2D eigenvalue weighted by Gasteiger charge is 2.08. The molecule has 0 aliphatic heterocycles. The largest absolute Gasteiger partial charge is 0.354 e. The lowest BCUT2D eigenvalue weighted by atomic mass is 10.2. The second kappa shape index (κ2) is 9.04. The number of nitrogens with one attached hydrogen (secondary N) is 2. The van der Waals surface area contributed by atoms with E-state index < -0.39 is 0 Å². The van der Waals surface area contributed by atoms with Crippen LogP contribution in [-0.2, 0) is 11.3 Å². The van der Waals surface area contributed by atoms with Crippen molar-refractivity contribution < 1.29 is 4.79 Å². The van der Waals surface area contributed by atoms with E-state index >= 15 is 0 Å². The number of rotatable bonds is 7. The van der Waals surface area contributed by atoms with Crippen LogP contribution in [0.15, 0.2) is 30.3 Å². The van der Waals surface area contributed by atoms with Crippen LogP contribution in [0.5, 0.6) is 0 Å². The van der Waals surface area contributed by atoms with E-state index in [2.05, 4.69) is 26.0 Å². The Morgan fingerprint density at radius 3 is 2.71 bits per heavy atom. The van der Waals surface area contributed by atoms with E-state index in [1.807, 2.05) is 37.4 Å². The summed E-state index contributed by atoms with van der Waals surface area (Å²) in [5, 5.41) is 17.8. The lowest BCUT2D eigenvalue weighted by molar-refractivity contribution is -0.122. The maximum absolute atomic E-state index is 11.7. The number of carbonyl (C=O) groups is 1. The maximum Gasteiger partial charge on any atom is 0.243 e. The number of benzene rings is 1. The smallest absolute Gasteiger partial charge is 0.243 e. The Balaban J connectivity index is 0.00000220. The van der Waals surface area contributed by atoms with Crippen LogP contribution >= 0.6 is 12.4 Å². The van der Waals surface area contributed by atoms with E-state index in [0.717, 1.165) is 18.5 Å². The van der Waals surface area contributed by atoms with Gasteiger partial charge in [0.15, 0.2) is 0 Å². The van der Waals surface area contributed by atoms with E-state index in [1.54, 1.807) is 0 Å². The van der Waals surface area contributed by atoms with Gasteiger partial charge >= 0.3 is 0 Å². The van der Waals surface area contributed by atoms with Crippen LogP contribution in [0.4, 0.5) is 0 Å². The van der Waals surface area contributed by atoms with Crippen LogP contribution in [0.2, 0.25) is 0 Å². The van der Waals surface area contributed by atoms with Crippen molar-refractivity contribution in [2.24, 2.45) is 0 Å². The van der Waals surface area contributed by atoms with Gasteiger partial charge in [-0.3, -0.25) is 4.79 Å². The van der Waals surface area contributed by atoms with Crippen molar-refractivity contribution >= 4 is 18.3 Å². The number of aromatic nitrogens is 4. The Bertz CT molecular complexity index is 545. The molecule has 0 aliphatic carbocycles. The summed E-state index contributed by atoms with van der Waals surface area (Å²) in [6.07, 6.45) is 0.891. The fourth-order valence-electron chi connectivity index (χ4n) is 1.69. The normalized spacial score (nSPS) is 9.95. The Morgan fingerprint density at radius 2 is 2.00 bits per heavy atom. The zero-order valence-electron chi connectivity index (χ0n) is 11.8. The Kier molecular flexibility index (Phi) is 7.34. The standard InChI is InChI=1S/C13H18N6O.ClH/c1-14-8-5-9-15-12(20)10-19-17-13(16-18-19)11-6-3-2-4-7-11;/h2-4,6-7,14H,5,8-10H2,1H3,(H,15,20);1H. The molecule has 2 aromatic rings. The van der Waals surface area contributed by atoms with Gasteiger partial charge in [0.2, 0.25) is 11.7 Å². The van der Waals surface area contributed by atoms with Gasteiger partial charge < -0.3 is 10.6 Å².